The Balaban J connectivity index is 3.97. The number of hydrogen-bond donors (Lipinski definition) is 2. The lowest BCUT2D eigenvalue weighted by molar-refractivity contribution is -0.122. The smallest absolute Gasteiger partial charge is 0.221 e. The lowest BCUT2D eigenvalue weighted by Crippen LogP contribution is -2.40. The molecular weight excluding hydrogens is 236 g/mol. The summed E-state index contributed by atoms with van der Waals surface area (Å²) in [6.45, 7) is 8.17. The van der Waals surface area contributed by atoms with E-state index >= 15 is 0 Å². The maximum absolute atomic E-state index is 11.6. The van der Waals surface area contributed by atoms with Gasteiger partial charge in [-0.25, -0.2) is 0 Å². The first-order valence-electron chi connectivity index (χ1n) is 5.95. The standard InChI is InChI=1S/C12H26N2O2S/c1-9(8-17(5)16)14-11(15)6-10(13)7-12(2,3)4/h9-10H,6-8,13H2,1-5H3,(H,14,15). The molecular formula is C12H26N2O2S. The molecule has 4 nitrogen and oxygen atoms in total. The topological polar surface area (TPSA) is 72.2 Å². The number of nitrogens with one attached hydrogen (secondary N) is 1. The normalized spacial score (nSPS) is 17.3. The molecule has 0 bridgehead atoms. The number of amides is 1. The Labute approximate surface area is 107 Å². The molecule has 0 saturated heterocycles. The first-order chi connectivity index (χ1) is 7.60. The zero-order valence-electron chi connectivity index (χ0n) is 11.6. The van der Waals surface area contributed by atoms with Crippen molar-refractivity contribution >= 4 is 16.7 Å². The van der Waals surface area contributed by atoms with Crippen molar-refractivity contribution in [3.8, 4) is 0 Å². The Morgan fingerprint density at radius 2 is 1.94 bits per heavy atom. The monoisotopic (exact) mass is 262 g/mol. The van der Waals surface area contributed by atoms with Gasteiger partial charge in [0.1, 0.15) is 0 Å². The largest absolute Gasteiger partial charge is 0.353 e. The van der Waals surface area contributed by atoms with Crippen molar-refractivity contribution in [2.45, 2.75) is 52.6 Å². The molecule has 3 atom stereocenters. The van der Waals surface area contributed by atoms with Crippen LogP contribution in [0.25, 0.3) is 0 Å². The Bertz CT molecular complexity index is 274. The molecule has 3 N–H and O–H groups in total. The van der Waals surface area contributed by atoms with Gasteiger partial charge in [-0.05, 0) is 18.8 Å². The zero-order chi connectivity index (χ0) is 13.6. The molecule has 0 heterocycles. The van der Waals surface area contributed by atoms with Crippen molar-refractivity contribution in [1.29, 1.82) is 0 Å². The number of hydrogen-bond acceptors (Lipinski definition) is 3. The summed E-state index contributed by atoms with van der Waals surface area (Å²) in [5, 5.41) is 2.82. The molecule has 17 heavy (non-hydrogen) atoms. The fraction of sp³-hybridized carbons (Fsp3) is 0.917. The second-order valence-corrected chi connectivity index (χ2v) is 7.42. The highest BCUT2D eigenvalue weighted by molar-refractivity contribution is 7.84. The van der Waals surface area contributed by atoms with Gasteiger partial charge in [0.2, 0.25) is 5.91 Å². The molecule has 0 spiro atoms. The van der Waals surface area contributed by atoms with Crippen LogP contribution < -0.4 is 11.1 Å². The van der Waals surface area contributed by atoms with E-state index in [1.54, 1.807) is 6.26 Å². The van der Waals surface area contributed by atoms with Crippen LogP contribution in [0.2, 0.25) is 0 Å². The van der Waals surface area contributed by atoms with Gasteiger partial charge in [-0.15, -0.1) is 0 Å². The van der Waals surface area contributed by atoms with Gasteiger partial charge in [-0.2, -0.15) is 0 Å². The van der Waals surface area contributed by atoms with Crippen molar-refractivity contribution < 1.29 is 9.00 Å². The quantitative estimate of drug-likeness (QED) is 0.751. The van der Waals surface area contributed by atoms with Gasteiger partial charge in [-0.1, -0.05) is 20.8 Å². The third-order valence-electron chi connectivity index (χ3n) is 2.21. The maximum atomic E-state index is 11.6. The van der Waals surface area contributed by atoms with Crippen molar-refractivity contribution in [2.24, 2.45) is 11.1 Å². The number of carbonyl (C=O) groups excluding carboxylic acids is 1. The van der Waals surface area contributed by atoms with E-state index in [9.17, 15) is 9.00 Å². The molecule has 0 rings (SSSR count). The molecule has 0 aromatic heterocycles. The Hall–Kier alpha value is -0.420. The molecule has 0 aliphatic rings. The van der Waals surface area contributed by atoms with Crippen LogP contribution in [0.5, 0.6) is 0 Å². The van der Waals surface area contributed by atoms with Crippen LogP contribution in [0.15, 0.2) is 0 Å². The van der Waals surface area contributed by atoms with Crippen molar-refractivity contribution in [2.75, 3.05) is 12.0 Å². The third-order valence-corrected chi connectivity index (χ3v) is 3.18. The lowest BCUT2D eigenvalue weighted by atomic mass is 9.87. The second kappa shape index (κ2) is 7.11. The molecule has 0 fully saturated rings. The van der Waals surface area contributed by atoms with Crippen LogP contribution in [0.3, 0.4) is 0 Å². The van der Waals surface area contributed by atoms with Gasteiger partial charge in [0.25, 0.3) is 0 Å². The molecule has 0 aliphatic heterocycles. The highest BCUT2D eigenvalue weighted by atomic mass is 32.2. The number of carbonyl (C=O) groups is 1. The summed E-state index contributed by atoms with van der Waals surface area (Å²) in [6, 6.07) is -0.176. The zero-order valence-corrected chi connectivity index (χ0v) is 12.4. The molecule has 0 radical (unpaired) electrons. The number of nitrogens with two attached hydrogens (primary N) is 1. The van der Waals surface area contributed by atoms with Crippen LogP contribution in [0, 0.1) is 5.41 Å². The molecule has 1 amide bonds. The van der Waals surface area contributed by atoms with Crippen molar-refractivity contribution in [3.63, 3.8) is 0 Å². The molecule has 0 aliphatic carbocycles. The molecule has 102 valence electrons. The Kier molecular flexibility index (Phi) is 6.94. The maximum Gasteiger partial charge on any atom is 0.221 e. The average Bonchev–Trinajstić information content (AvgIpc) is 1.95. The van der Waals surface area contributed by atoms with Gasteiger partial charge >= 0.3 is 0 Å². The Morgan fingerprint density at radius 1 is 1.41 bits per heavy atom. The fourth-order valence-corrected chi connectivity index (χ4v) is 2.61. The first kappa shape index (κ1) is 16.6. The van der Waals surface area contributed by atoms with Crippen LogP contribution >= 0.6 is 0 Å². The van der Waals surface area contributed by atoms with E-state index in [0.29, 0.717) is 12.2 Å². The minimum atomic E-state index is -0.887. The highest BCUT2D eigenvalue weighted by Gasteiger charge is 2.18. The average molecular weight is 262 g/mol. The van der Waals surface area contributed by atoms with Crippen molar-refractivity contribution in [1.82, 2.24) is 5.32 Å². The van der Waals surface area contributed by atoms with Gasteiger partial charge in [0, 0.05) is 41.3 Å². The third kappa shape index (κ3) is 10.5. The van der Waals surface area contributed by atoms with Gasteiger partial charge in [0.15, 0.2) is 0 Å². The van der Waals surface area contributed by atoms with Gasteiger partial charge in [-0.3, -0.25) is 9.00 Å². The number of rotatable bonds is 6. The molecule has 0 aromatic carbocycles. The minimum Gasteiger partial charge on any atom is -0.353 e. The molecule has 0 aromatic rings. The van der Waals surface area contributed by atoms with E-state index in [2.05, 4.69) is 26.1 Å². The molecule has 5 heteroatoms. The van der Waals surface area contributed by atoms with E-state index < -0.39 is 10.8 Å². The fourth-order valence-electron chi connectivity index (χ4n) is 1.82. The van der Waals surface area contributed by atoms with Crippen LogP contribution in [-0.4, -0.2) is 34.2 Å². The summed E-state index contributed by atoms with van der Waals surface area (Å²) in [6.07, 6.45) is 2.78. The molecule has 0 saturated carbocycles. The summed E-state index contributed by atoms with van der Waals surface area (Å²) in [5.74, 6) is 0.431. The van der Waals surface area contributed by atoms with Gasteiger partial charge in [0.05, 0.1) is 0 Å². The SMILES string of the molecule is CC(CS(C)=O)NC(=O)CC(N)CC(C)(C)C. The van der Waals surface area contributed by atoms with Crippen LogP contribution in [0.1, 0.15) is 40.5 Å². The summed E-state index contributed by atoms with van der Waals surface area (Å²) in [7, 11) is -0.887. The summed E-state index contributed by atoms with van der Waals surface area (Å²) in [5.41, 5.74) is 6.05. The van der Waals surface area contributed by atoms with Crippen LogP contribution in [0.4, 0.5) is 0 Å². The predicted octanol–water partition coefficient (Wildman–Crippen LogP) is 1.02. The van der Waals surface area contributed by atoms with E-state index in [-0.39, 0.29) is 23.4 Å². The summed E-state index contributed by atoms with van der Waals surface area (Å²) < 4.78 is 11.0. The van der Waals surface area contributed by atoms with Crippen LogP contribution in [-0.2, 0) is 15.6 Å². The van der Waals surface area contributed by atoms with E-state index in [0.717, 1.165) is 6.42 Å². The highest BCUT2D eigenvalue weighted by Crippen LogP contribution is 2.20. The minimum absolute atomic E-state index is 0.0558. The lowest BCUT2D eigenvalue weighted by Gasteiger charge is -2.23. The molecule has 3 unspecified atom stereocenters. The van der Waals surface area contributed by atoms with E-state index in [1.807, 2.05) is 6.92 Å². The Morgan fingerprint density at radius 3 is 2.35 bits per heavy atom. The summed E-state index contributed by atoms with van der Waals surface area (Å²) in [4.78, 5) is 11.6. The van der Waals surface area contributed by atoms with Crippen molar-refractivity contribution in [3.05, 3.63) is 0 Å². The summed E-state index contributed by atoms with van der Waals surface area (Å²) >= 11 is 0. The van der Waals surface area contributed by atoms with Gasteiger partial charge < -0.3 is 11.1 Å². The predicted molar refractivity (Wildman–Crippen MR) is 73.2 cm³/mol. The second-order valence-electron chi connectivity index (χ2n) is 5.94. The van der Waals surface area contributed by atoms with E-state index in [1.165, 1.54) is 0 Å². The van der Waals surface area contributed by atoms with E-state index in [4.69, 9.17) is 5.73 Å². The first-order valence-corrected chi connectivity index (χ1v) is 7.68.